The van der Waals surface area contributed by atoms with Crippen molar-refractivity contribution in [3.05, 3.63) is 65.8 Å². The zero-order chi connectivity index (χ0) is 21.3. The Labute approximate surface area is 180 Å². The summed E-state index contributed by atoms with van der Waals surface area (Å²) in [5.74, 6) is 2.69. The van der Waals surface area contributed by atoms with E-state index in [-0.39, 0.29) is 5.91 Å². The minimum Gasteiger partial charge on any atom is -0.398 e. The van der Waals surface area contributed by atoms with Gasteiger partial charge in [-0.05, 0) is 24.3 Å². The highest BCUT2D eigenvalue weighted by atomic mass is 35.5. The van der Waals surface area contributed by atoms with Crippen molar-refractivity contribution in [2.24, 2.45) is 0 Å². The van der Waals surface area contributed by atoms with Crippen molar-refractivity contribution in [1.82, 2.24) is 9.88 Å². The van der Waals surface area contributed by atoms with Gasteiger partial charge in [0.05, 0.1) is 16.8 Å². The number of nitrogen functional groups attached to an aromatic ring is 1. The molecule has 0 unspecified atom stereocenters. The number of rotatable bonds is 3. The van der Waals surface area contributed by atoms with Gasteiger partial charge in [0.25, 0.3) is 0 Å². The van der Waals surface area contributed by atoms with E-state index >= 15 is 0 Å². The van der Waals surface area contributed by atoms with E-state index in [4.69, 9.17) is 23.8 Å². The molecule has 2 heterocycles. The van der Waals surface area contributed by atoms with Crippen LogP contribution in [0, 0.1) is 12.3 Å². The normalized spacial score (nSPS) is 13.9. The van der Waals surface area contributed by atoms with Crippen molar-refractivity contribution >= 4 is 39.8 Å². The molecular weight excluding hydrogens is 396 g/mol. The molecule has 1 saturated heterocycles. The van der Waals surface area contributed by atoms with Crippen molar-refractivity contribution < 1.29 is 4.79 Å². The summed E-state index contributed by atoms with van der Waals surface area (Å²) in [6, 6.07) is 11.5. The lowest BCUT2D eigenvalue weighted by Gasteiger charge is -2.36. The van der Waals surface area contributed by atoms with Gasteiger partial charge in [-0.2, -0.15) is 0 Å². The summed E-state index contributed by atoms with van der Waals surface area (Å²) < 4.78 is 0. The van der Waals surface area contributed by atoms with Crippen LogP contribution < -0.4 is 10.6 Å². The third-order valence-corrected chi connectivity index (χ3v) is 5.73. The molecule has 1 aliphatic rings. The Morgan fingerprint density at radius 1 is 1.20 bits per heavy atom. The number of hydrogen-bond acceptors (Lipinski definition) is 4. The zero-order valence-electron chi connectivity index (χ0n) is 16.4. The number of amides is 1. The van der Waals surface area contributed by atoms with Crippen LogP contribution in [0.5, 0.6) is 0 Å². The van der Waals surface area contributed by atoms with Crippen LogP contribution in [0.1, 0.15) is 5.56 Å². The van der Waals surface area contributed by atoms with Gasteiger partial charge in [-0.25, -0.2) is 0 Å². The second-order valence-corrected chi connectivity index (χ2v) is 7.52. The SMILES string of the molecule is C#Cc1cnc2cc(-c3ccccc3N)c(Cl)cc2c1N1CCN(C(=O)C=C)CC1. The lowest BCUT2D eigenvalue weighted by molar-refractivity contribution is -0.126. The molecule has 150 valence electrons. The molecule has 30 heavy (non-hydrogen) atoms. The van der Waals surface area contributed by atoms with Crippen molar-refractivity contribution in [2.75, 3.05) is 36.8 Å². The second kappa shape index (κ2) is 8.10. The van der Waals surface area contributed by atoms with Gasteiger partial charge in [0.2, 0.25) is 5.91 Å². The number of nitrogens with zero attached hydrogens (tertiary/aromatic N) is 3. The van der Waals surface area contributed by atoms with Gasteiger partial charge in [0.15, 0.2) is 0 Å². The molecule has 6 heteroatoms. The van der Waals surface area contributed by atoms with Gasteiger partial charge in [0, 0.05) is 59.6 Å². The molecule has 0 radical (unpaired) electrons. The molecular formula is C24H21ClN4O. The van der Waals surface area contributed by atoms with Crippen LogP contribution in [0.2, 0.25) is 5.02 Å². The lowest BCUT2D eigenvalue weighted by atomic mass is 10.00. The fraction of sp³-hybridized carbons (Fsp3) is 0.167. The number of piperazine rings is 1. The van der Waals surface area contributed by atoms with Crippen LogP contribution in [0.25, 0.3) is 22.0 Å². The number of para-hydroxylation sites is 1. The highest BCUT2D eigenvalue weighted by molar-refractivity contribution is 6.34. The maximum Gasteiger partial charge on any atom is 0.246 e. The van der Waals surface area contributed by atoms with Gasteiger partial charge in [-0.15, -0.1) is 6.42 Å². The molecule has 3 aromatic rings. The van der Waals surface area contributed by atoms with Crippen LogP contribution in [-0.2, 0) is 4.79 Å². The molecule has 0 atom stereocenters. The number of aromatic nitrogens is 1. The molecule has 5 nitrogen and oxygen atoms in total. The number of hydrogen-bond donors (Lipinski definition) is 1. The standard InChI is InChI=1S/C24H21ClN4O/c1-3-16-15-27-22-14-18(17-7-5-6-8-21(17)26)20(25)13-19(22)24(16)29-11-9-28(10-12-29)23(30)4-2/h1,4-8,13-15H,2,9-12,26H2. The Balaban J connectivity index is 1.79. The fourth-order valence-corrected chi connectivity index (χ4v) is 4.14. The summed E-state index contributed by atoms with van der Waals surface area (Å²) in [5, 5.41) is 1.47. The summed E-state index contributed by atoms with van der Waals surface area (Å²) in [6.45, 7) is 6.10. The Kier molecular flexibility index (Phi) is 5.35. The van der Waals surface area contributed by atoms with E-state index < -0.39 is 0 Å². The molecule has 0 bridgehead atoms. The Morgan fingerprint density at radius 2 is 1.93 bits per heavy atom. The quantitative estimate of drug-likeness (QED) is 0.399. The first kappa shape index (κ1) is 19.8. The average molecular weight is 417 g/mol. The number of fused-ring (bicyclic) bond motifs is 1. The van der Waals surface area contributed by atoms with E-state index in [0.29, 0.717) is 42.5 Å². The van der Waals surface area contributed by atoms with Gasteiger partial charge in [-0.3, -0.25) is 9.78 Å². The molecule has 2 N–H and O–H groups in total. The van der Waals surface area contributed by atoms with Crippen LogP contribution in [0.15, 0.2) is 55.3 Å². The van der Waals surface area contributed by atoms with Gasteiger partial charge < -0.3 is 15.5 Å². The van der Waals surface area contributed by atoms with Crippen LogP contribution in [0.3, 0.4) is 0 Å². The Morgan fingerprint density at radius 3 is 2.60 bits per heavy atom. The summed E-state index contributed by atoms with van der Waals surface area (Å²) >= 11 is 6.68. The van der Waals surface area contributed by atoms with E-state index in [1.165, 1.54) is 6.08 Å². The van der Waals surface area contributed by atoms with Crippen molar-refractivity contribution in [2.45, 2.75) is 0 Å². The third kappa shape index (κ3) is 3.47. The topological polar surface area (TPSA) is 62.5 Å². The molecule has 1 amide bonds. The Bertz CT molecular complexity index is 1190. The molecule has 0 aliphatic carbocycles. The van der Waals surface area contributed by atoms with Gasteiger partial charge in [0.1, 0.15) is 0 Å². The highest BCUT2D eigenvalue weighted by Gasteiger charge is 2.23. The van der Waals surface area contributed by atoms with Crippen molar-refractivity contribution in [1.29, 1.82) is 0 Å². The molecule has 2 aromatic carbocycles. The number of terminal acetylenes is 1. The minimum absolute atomic E-state index is 0.0560. The molecule has 1 aromatic heterocycles. The number of pyridine rings is 1. The van der Waals surface area contributed by atoms with Gasteiger partial charge >= 0.3 is 0 Å². The maximum atomic E-state index is 11.9. The zero-order valence-corrected chi connectivity index (χ0v) is 17.2. The second-order valence-electron chi connectivity index (χ2n) is 7.12. The highest BCUT2D eigenvalue weighted by Crippen LogP contribution is 2.38. The van der Waals surface area contributed by atoms with E-state index in [9.17, 15) is 4.79 Å². The number of carbonyl (C=O) groups excluding carboxylic acids is 1. The summed E-state index contributed by atoms with van der Waals surface area (Å²) in [4.78, 5) is 20.5. The van der Waals surface area contributed by atoms with Crippen LogP contribution in [-0.4, -0.2) is 42.0 Å². The van der Waals surface area contributed by atoms with Crippen molar-refractivity contribution in [3.63, 3.8) is 0 Å². The van der Waals surface area contributed by atoms with Gasteiger partial charge in [-0.1, -0.05) is 42.3 Å². The Hall–Kier alpha value is -3.49. The monoisotopic (exact) mass is 416 g/mol. The molecule has 0 saturated carbocycles. The fourth-order valence-electron chi connectivity index (χ4n) is 3.87. The number of halogens is 1. The summed E-state index contributed by atoms with van der Waals surface area (Å²) in [6.07, 6.45) is 8.84. The number of nitrogens with two attached hydrogens (primary N) is 1. The van der Waals surface area contributed by atoms with E-state index in [2.05, 4.69) is 22.4 Å². The molecule has 0 spiro atoms. The van der Waals surface area contributed by atoms with Crippen LogP contribution in [0.4, 0.5) is 11.4 Å². The number of benzene rings is 2. The summed E-state index contributed by atoms with van der Waals surface area (Å²) in [5.41, 5.74) is 10.9. The molecule has 1 aliphatic heterocycles. The molecule has 4 rings (SSSR count). The predicted molar refractivity (Wildman–Crippen MR) is 124 cm³/mol. The first-order valence-corrected chi connectivity index (χ1v) is 10.0. The minimum atomic E-state index is -0.0560. The average Bonchev–Trinajstić information content (AvgIpc) is 2.78. The first-order chi connectivity index (χ1) is 14.5. The third-order valence-electron chi connectivity index (χ3n) is 5.42. The smallest absolute Gasteiger partial charge is 0.246 e. The predicted octanol–water partition coefficient (Wildman–Crippen LogP) is 3.95. The van der Waals surface area contributed by atoms with E-state index in [1.807, 2.05) is 36.4 Å². The van der Waals surface area contributed by atoms with Crippen LogP contribution >= 0.6 is 11.6 Å². The largest absolute Gasteiger partial charge is 0.398 e. The van der Waals surface area contributed by atoms with E-state index in [0.717, 1.165) is 27.7 Å². The number of carbonyl (C=O) groups is 1. The first-order valence-electron chi connectivity index (χ1n) is 9.63. The van der Waals surface area contributed by atoms with Crippen molar-refractivity contribution in [3.8, 4) is 23.5 Å². The maximum absolute atomic E-state index is 11.9. The molecule has 1 fully saturated rings. The summed E-state index contributed by atoms with van der Waals surface area (Å²) in [7, 11) is 0. The lowest BCUT2D eigenvalue weighted by Crippen LogP contribution is -2.48. The number of anilines is 2. The van der Waals surface area contributed by atoms with E-state index in [1.54, 1.807) is 11.1 Å².